The molecular weight excluding hydrogens is 306 g/mol. The molecular formula is C15H22ClN3OS. The molecule has 0 unspecified atom stereocenters. The first-order chi connectivity index (χ1) is 10.3. The summed E-state index contributed by atoms with van der Waals surface area (Å²) in [5.74, 6) is 0.484. The number of nitrogens with one attached hydrogen (secondary N) is 2. The lowest BCUT2D eigenvalue weighted by molar-refractivity contribution is -0.118. The minimum absolute atomic E-state index is 0.0697. The Bertz CT molecular complexity index is 452. The number of carbonyl (C=O) groups is 1. The Morgan fingerprint density at radius 2 is 2.10 bits per heavy atom. The van der Waals surface area contributed by atoms with E-state index in [4.69, 9.17) is 11.6 Å². The minimum Gasteiger partial charge on any atom is -0.355 e. The van der Waals surface area contributed by atoms with Gasteiger partial charge in [0.2, 0.25) is 5.91 Å². The third-order valence-corrected chi connectivity index (χ3v) is 4.89. The van der Waals surface area contributed by atoms with Crippen LogP contribution in [0.4, 0.5) is 0 Å². The van der Waals surface area contributed by atoms with Crippen LogP contribution < -0.4 is 10.6 Å². The van der Waals surface area contributed by atoms with Gasteiger partial charge in [0.25, 0.3) is 0 Å². The van der Waals surface area contributed by atoms with Crippen LogP contribution in [0.2, 0.25) is 5.02 Å². The van der Waals surface area contributed by atoms with Gasteiger partial charge < -0.3 is 15.5 Å². The van der Waals surface area contributed by atoms with E-state index in [9.17, 15) is 4.79 Å². The molecule has 0 bridgehead atoms. The second kappa shape index (κ2) is 9.30. The fourth-order valence-corrected chi connectivity index (χ4v) is 3.29. The molecule has 0 atom stereocenters. The highest BCUT2D eigenvalue weighted by atomic mass is 35.5. The maximum Gasteiger partial charge on any atom is 0.230 e. The highest BCUT2D eigenvalue weighted by molar-refractivity contribution is 8.00. The summed E-state index contributed by atoms with van der Waals surface area (Å²) in [6.45, 7) is 6.15. The van der Waals surface area contributed by atoms with Crippen LogP contribution >= 0.6 is 23.4 Å². The normalized spacial score (nSPS) is 15.9. The number of thioether (sulfide) groups is 1. The number of amides is 1. The van der Waals surface area contributed by atoms with E-state index in [0.717, 1.165) is 50.6 Å². The van der Waals surface area contributed by atoms with Crippen molar-refractivity contribution in [1.29, 1.82) is 0 Å². The predicted octanol–water partition coefficient (Wildman–Crippen LogP) is 1.84. The molecule has 1 aliphatic rings. The molecule has 0 saturated carbocycles. The van der Waals surface area contributed by atoms with Crippen LogP contribution in [0.5, 0.6) is 0 Å². The Kier molecular flexibility index (Phi) is 7.36. The molecule has 0 aliphatic carbocycles. The molecule has 1 aromatic carbocycles. The quantitative estimate of drug-likeness (QED) is 0.592. The van der Waals surface area contributed by atoms with Gasteiger partial charge in [-0.25, -0.2) is 0 Å². The maximum atomic E-state index is 11.8. The monoisotopic (exact) mass is 327 g/mol. The summed E-state index contributed by atoms with van der Waals surface area (Å²) < 4.78 is 0. The first kappa shape index (κ1) is 16.6. The highest BCUT2D eigenvalue weighted by Crippen LogP contribution is 2.26. The summed E-state index contributed by atoms with van der Waals surface area (Å²) in [5, 5.41) is 7.00. The fourth-order valence-electron chi connectivity index (χ4n) is 2.22. The molecule has 2 rings (SSSR count). The molecule has 1 aliphatic heterocycles. The van der Waals surface area contributed by atoms with Crippen molar-refractivity contribution < 1.29 is 4.79 Å². The number of hydrogen-bond donors (Lipinski definition) is 2. The summed E-state index contributed by atoms with van der Waals surface area (Å²) in [6, 6.07) is 7.60. The van der Waals surface area contributed by atoms with Gasteiger partial charge >= 0.3 is 0 Å². The van der Waals surface area contributed by atoms with Crippen molar-refractivity contribution >= 4 is 29.3 Å². The zero-order valence-corrected chi connectivity index (χ0v) is 13.7. The third kappa shape index (κ3) is 6.26. The molecule has 4 nitrogen and oxygen atoms in total. The molecule has 2 N–H and O–H groups in total. The fraction of sp³-hybridized carbons (Fsp3) is 0.533. The van der Waals surface area contributed by atoms with Crippen molar-refractivity contribution in [3.05, 3.63) is 29.3 Å². The average Bonchev–Trinajstić information content (AvgIpc) is 2.52. The molecule has 6 heteroatoms. The number of halogens is 1. The van der Waals surface area contributed by atoms with E-state index in [-0.39, 0.29) is 5.91 Å². The SMILES string of the molecule is O=C(CSc1ccccc1Cl)NCCCN1CCNCC1. The van der Waals surface area contributed by atoms with E-state index in [1.807, 2.05) is 24.3 Å². The zero-order chi connectivity index (χ0) is 14.9. The minimum atomic E-state index is 0.0697. The van der Waals surface area contributed by atoms with Crippen LogP contribution in [0.1, 0.15) is 6.42 Å². The van der Waals surface area contributed by atoms with Crippen molar-refractivity contribution in [3.8, 4) is 0 Å². The van der Waals surface area contributed by atoms with Crippen molar-refractivity contribution in [2.45, 2.75) is 11.3 Å². The van der Waals surface area contributed by atoms with Crippen LogP contribution in [-0.4, -0.2) is 55.8 Å². The highest BCUT2D eigenvalue weighted by Gasteiger charge is 2.09. The third-order valence-electron chi connectivity index (χ3n) is 3.38. The number of rotatable bonds is 7. The molecule has 0 radical (unpaired) electrons. The van der Waals surface area contributed by atoms with E-state index in [1.54, 1.807) is 0 Å². The Labute approximate surface area is 135 Å². The van der Waals surface area contributed by atoms with Gasteiger partial charge in [0.15, 0.2) is 0 Å². The van der Waals surface area contributed by atoms with E-state index < -0.39 is 0 Å². The number of benzene rings is 1. The lowest BCUT2D eigenvalue weighted by Crippen LogP contribution is -2.44. The molecule has 1 aromatic rings. The second-order valence-electron chi connectivity index (χ2n) is 5.01. The first-order valence-electron chi connectivity index (χ1n) is 7.33. The lowest BCUT2D eigenvalue weighted by atomic mass is 10.3. The number of piperazine rings is 1. The summed E-state index contributed by atoms with van der Waals surface area (Å²) in [7, 11) is 0. The smallest absolute Gasteiger partial charge is 0.230 e. The van der Waals surface area contributed by atoms with Gasteiger partial charge in [-0.1, -0.05) is 23.7 Å². The van der Waals surface area contributed by atoms with Crippen LogP contribution in [0.3, 0.4) is 0 Å². The van der Waals surface area contributed by atoms with Crippen molar-refractivity contribution in [3.63, 3.8) is 0 Å². The van der Waals surface area contributed by atoms with Gasteiger partial charge in [-0.2, -0.15) is 0 Å². The Hall–Kier alpha value is -0.750. The van der Waals surface area contributed by atoms with Crippen LogP contribution in [-0.2, 0) is 4.79 Å². The first-order valence-corrected chi connectivity index (χ1v) is 8.69. The predicted molar refractivity (Wildman–Crippen MR) is 89.1 cm³/mol. The van der Waals surface area contributed by atoms with Gasteiger partial charge in [-0.05, 0) is 25.1 Å². The van der Waals surface area contributed by atoms with E-state index in [1.165, 1.54) is 11.8 Å². The molecule has 21 heavy (non-hydrogen) atoms. The topological polar surface area (TPSA) is 44.4 Å². The van der Waals surface area contributed by atoms with Crippen LogP contribution in [0.25, 0.3) is 0 Å². The standard InChI is InChI=1S/C15H22ClN3OS/c16-13-4-1-2-5-14(13)21-12-15(20)18-6-3-9-19-10-7-17-8-11-19/h1-2,4-5,17H,3,6-12H2,(H,18,20). The maximum absolute atomic E-state index is 11.8. The summed E-state index contributed by atoms with van der Waals surface area (Å²) in [5.41, 5.74) is 0. The molecule has 1 fully saturated rings. The number of carbonyl (C=O) groups excluding carboxylic acids is 1. The van der Waals surface area contributed by atoms with Gasteiger partial charge in [-0.3, -0.25) is 4.79 Å². The van der Waals surface area contributed by atoms with Crippen LogP contribution in [0.15, 0.2) is 29.2 Å². The van der Waals surface area contributed by atoms with Crippen molar-refractivity contribution in [1.82, 2.24) is 15.5 Å². The molecule has 1 amide bonds. The van der Waals surface area contributed by atoms with Gasteiger partial charge in [0.05, 0.1) is 10.8 Å². The van der Waals surface area contributed by atoms with Crippen LogP contribution in [0, 0.1) is 0 Å². The molecule has 116 valence electrons. The number of nitrogens with zero attached hydrogens (tertiary/aromatic N) is 1. The van der Waals surface area contributed by atoms with Crippen molar-refractivity contribution in [2.75, 3.05) is 45.0 Å². The number of hydrogen-bond acceptors (Lipinski definition) is 4. The molecule has 1 heterocycles. The zero-order valence-electron chi connectivity index (χ0n) is 12.1. The summed E-state index contributed by atoms with van der Waals surface area (Å²) >= 11 is 7.54. The average molecular weight is 328 g/mol. The largest absolute Gasteiger partial charge is 0.355 e. The van der Waals surface area contributed by atoms with Crippen molar-refractivity contribution in [2.24, 2.45) is 0 Å². The molecule has 0 spiro atoms. The van der Waals surface area contributed by atoms with E-state index >= 15 is 0 Å². The Balaban J connectivity index is 1.56. The van der Waals surface area contributed by atoms with E-state index in [2.05, 4.69) is 15.5 Å². The van der Waals surface area contributed by atoms with Gasteiger partial charge in [0.1, 0.15) is 0 Å². The van der Waals surface area contributed by atoms with Gasteiger partial charge in [-0.15, -0.1) is 11.8 Å². The molecule has 1 saturated heterocycles. The Morgan fingerprint density at radius 1 is 1.33 bits per heavy atom. The molecule has 0 aromatic heterocycles. The van der Waals surface area contributed by atoms with Gasteiger partial charge in [0, 0.05) is 37.6 Å². The van der Waals surface area contributed by atoms with E-state index in [0.29, 0.717) is 10.8 Å². The summed E-state index contributed by atoms with van der Waals surface area (Å²) in [6.07, 6.45) is 1.00. The Morgan fingerprint density at radius 3 is 2.86 bits per heavy atom. The second-order valence-corrected chi connectivity index (χ2v) is 6.44. The summed E-state index contributed by atoms with van der Waals surface area (Å²) in [4.78, 5) is 15.2. The lowest BCUT2D eigenvalue weighted by Gasteiger charge is -2.27.